The molecule has 18 heavy (non-hydrogen) atoms. The molecule has 2 rings (SSSR count). The van der Waals surface area contributed by atoms with Gasteiger partial charge in [-0.15, -0.1) is 0 Å². The molecule has 1 aromatic rings. The number of benzene rings is 1. The lowest BCUT2D eigenvalue weighted by atomic mass is 9.84. The molecule has 1 unspecified atom stereocenters. The van der Waals surface area contributed by atoms with Crippen molar-refractivity contribution in [1.29, 1.82) is 0 Å². The maximum absolute atomic E-state index is 11.9. The molecular weight excluding hydrogens is 240 g/mol. The van der Waals surface area contributed by atoms with Crippen LogP contribution in [-0.2, 0) is 19.7 Å². The second kappa shape index (κ2) is 3.80. The number of carbonyl (C=O) groups is 2. The number of ether oxygens (including phenoxy) is 1. The zero-order valence-corrected chi connectivity index (χ0v) is 9.72. The fourth-order valence-corrected chi connectivity index (χ4v) is 1.96. The molecule has 0 saturated carbocycles. The van der Waals surface area contributed by atoms with E-state index in [1.165, 1.54) is 32.2 Å². The third-order valence-electron chi connectivity index (χ3n) is 3.05. The Morgan fingerprint density at radius 3 is 2.72 bits per heavy atom. The molecule has 0 spiro atoms. The molecule has 0 aromatic heterocycles. The number of methoxy groups -OCH3 is 1. The predicted molar refractivity (Wildman–Crippen MR) is 61.1 cm³/mol. The number of non-ortho nitro benzene ring substituents is 1. The number of nitrogens with one attached hydrogen (secondary N) is 1. The third kappa shape index (κ3) is 1.44. The SMILES string of the molecule is COC(=O)C1(C)C(=O)Nc2cc([N+](=O)[O-])ccc21. The van der Waals surface area contributed by atoms with Crippen molar-refractivity contribution in [3.8, 4) is 0 Å². The number of esters is 1. The first-order valence-corrected chi connectivity index (χ1v) is 5.10. The number of carbonyl (C=O) groups excluding carboxylic acids is 2. The van der Waals surface area contributed by atoms with Gasteiger partial charge in [0.15, 0.2) is 5.41 Å². The Bertz CT molecular complexity index is 569. The Balaban J connectivity index is 2.57. The highest BCUT2D eigenvalue weighted by molar-refractivity contribution is 6.19. The monoisotopic (exact) mass is 250 g/mol. The quantitative estimate of drug-likeness (QED) is 0.365. The smallest absolute Gasteiger partial charge is 0.325 e. The van der Waals surface area contributed by atoms with Gasteiger partial charge in [-0.05, 0) is 13.0 Å². The van der Waals surface area contributed by atoms with Crippen molar-refractivity contribution in [2.24, 2.45) is 0 Å². The number of nitro groups is 1. The summed E-state index contributed by atoms with van der Waals surface area (Å²) in [7, 11) is 1.18. The predicted octanol–water partition coefficient (Wildman–Crippen LogP) is 0.978. The molecule has 0 saturated heterocycles. The summed E-state index contributed by atoms with van der Waals surface area (Å²) < 4.78 is 4.61. The zero-order valence-electron chi connectivity index (χ0n) is 9.72. The largest absolute Gasteiger partial charge is 0.468 e. The number of hydrogen-bond donors (Lipinski definition) is 1. The average molecular weight is 250 g/mol. The first-order valence-electron chi connectivity index (χ1n) is 5.10. The normalized spacial score (nSPS) is 21.1. The Morgan fingerprint density at radius 1 is 1.50 bits per heavy atom. The van der Waals surface area contributed by atoms with Gasteiger partial charge in [0.1, 0.15) is 0 Å². The molecular formula is C11H10N2O5. The third-order valence-corrected chi connectivity index (χ3v) is 3.05. The minimum absolute atomic E-state index is 0.150. The van der Waals surface area contributed by atoms with E-state index in [1.807, 2.05) is 0 Å². The second-order valence-electron chi connectivity index (χ2n) is 4.06. The Morgan fingerprint density at radius 2 is 2.17 bits per heavy atom. The first kappa shape index (κ1) is 12.0. The lowest BCUT2D eigenvalue weighted by Gasteiger charge is -2.18. The highest BCUT2D eigenvalue weighted by Gasteiger charge is 2.50. The summed E-state index contributed by atoms with van der Waals surface area (Å²) in [6.45, 7) is 1.42. The number of fused-ring (bicyclic) bond motifs is 1. The molecule has 1 atom stereocenters. The van der Waals surface area contributed by atoms with E-state index in [0.29, 0.717) is 5.56 Å². The number of anilines is 1. The molecule has 0 radical (unpaired) electrons. The van der Waals surface area contributed by atoms with Crippen molar-refractivity contribution < 1.29 is 19.2 Å². The van der Waals surface area contributed by atoms with Crippen molar-refractivity contribution in [3.63, 3.8) is 0 Å². The van der Waals surface area contributed by atoms with Crippen LogP contribution in [-0.4, -0.2) is 23.9 Å². The van der Waals surface area contributed by atoms with Crippen LogP contribution in [0.15, 0.2) is 18.2 Å². The van der Waals surface area contributed by atoms with Crippen molar-refractivity contribution in [2.75, 3.05) is 12.4 Å². The molecule has 0 aliphatic carbocycles. The standard InChI is InChI=1S/C11H10N2O5/c1-11(10(15)18-2)7-4-3-6(13(16)17)5-8(7)12-9(11)14/h3-5H,1-2H3,(H,12,14). The molecule has 1 heterocycles. The maximum atomic E-state index is 11.9. The highest BCUT2D eigenvalue weighted by Crippen LogP contribution is 2.40. The van der Waals surface area contributed by atoms with Crippen LogP contribution in [0.4, 0.5) is 11.4 Å². The van der Waals surface area contributed by atoms with Crippen molar-refractivity contribution >= 4 is 23.3 Å². The van der Waals surface area contributed by atoms with Gasteiger partial charge in [0.05, 0.1) is 17.7 Å². The van der Waals surface area contributed by atoms with Gasteiger partial charge < -0.3 is 10.1 Å². The Labute approximate surface area is 102 Å². The van der Waals surface area contributed by atoms with Gasteiger partial charge >= 0.3 is 5.97 Å². The van der Waals surface area contributed by atoms with Crippen LogP contribution in [0.3, 0.4) is 0 Å². The maximum Gasteiger partial charge on any atom is 0.325 e. The van der Waals surface area contributed by atoms with Gasteiger partial charge in [-0.2, -0.15) is 0 Å². The van der Waals surface area contributed by atoms with Gasteiger partial charge in [-0.3, -0.25) is 19.7 Å². The molecule has 7 heteroatoms. The molecule has 1 aliphatic heterocycles. The number of hydrogen-bond acceptors (Lipinski definition) is 5. The Hall–Kier alpha value is -2.44. The molecule has 1 aliphatic rings. The molecule has 0 bridgehead atoms. The van der Waals surface area contributed by atoms with E-state index >= 15 is 0 Å². The van der Waals surface area contributed by atoms with Gasteiger partial charge in [0.25, 0.3) is 5.69 Å². The molecule has 0 fully saturated rings. The molecule has 1 N–H and O–H groups in total. The van der Waals surface area contributed by atoms with E-state index in [-0.39, 0.29) is 11.4 Å². The van der Waals surface area contributed by atoms with E-state index in [0.717, 1.165) is 0 Å². The summed E-state index contributed by atoms with van der Waals surface area (Å²) in [5, 5.41) is 13.1. The van der Waals surface area contributed by atoms with E-state index in [9.17, 15) is 19.7 Å². The second-order valence-corrected chi connectivity index (χ2v) is 4.06. The lowest BCUT2D eigenvalue weighted by molar-refractivity contribution is -0.384. The van der Waals surface area contributed by atoms with Gasteiger partial charge in [-0.25, -0.2) is 0 Å². The zero-order chi connectivity index (χ0) is 13.5. The fraction of sp³-hybridized carbons (Fsp3) is 0.273. The van der Waals surface area contributed by atoms with Crippen LogP contribution in [0.1, 0.15) is 12.5 Å². The van der Waals surface area contributed by atoms with E-state index in [1.54, 1.807) is 0 Å². The summed E-state index contributed by atoms with van der Waals surface area (Å²) in [5.41, 5.74) is -0.964. The highest BCUT2D eigenvalue weighted by atomic mass is 16.6. The average Bonchev–Trinajstić information content (AvgIpc) is 2.61. The van der Waals surface area contributed by atoms with Crippen molar-refractivity contribution in [1.82, 2.24) is 0 Å². The lowest BCUT2D eigenvalue weighted by Crippen LogP contribution is -2.40. The summed E-state index contributed by atoms with van der Waals surface area (Å²) in [5.74, 6) is -1.25. The number of rotatable bonds is 2. The van der Waals surface area contributed by atoms with Crippen LogP contribution >= 0.6 is 0 Å². The van der Waals surface area contributed by atoms with Crippen LogP contribution in [0, 0.1) is 10.1 Å². The molecule has 7 nitrogen and oxygen atoms in total. The number of nitrogens with zero attached hydrogens (tertiary/aromatic N) is 1. The minimum Gasteiger partial charge on any atom is -0.468 e. The van der Waals surface area contributed by atoms with E-state index < -0.39 is 22.2 Å². The fourth-order valence-electron chi connectivity index (χ4n) is 1.96. The van der Waals surface area contributed by atoms with E-state index in [2.05, 4.69) is 10.1 Å². The summed E-state index contributed by atoms with van der Waals surface area (Å²) in [6.07, 6.45) is 0. The molecule has 1 aromatic carbocycles. The van der Waals surface area contributed by atoms with E-state index in [4.69, 9.17) is 0 Å². The molecule has 1 amide bonds. The number of amides is 1. The van der Waals surface area contributed by atoms with Crippen LogP contribution < -0.4 is 5.32 Å². The summed E-state index contributed by atoms with van der Waals surface area (Å²) in [4.78, 5) is 33.6. The topological polar surface area (TPSA) is 98.5 Å². The number of nitro benzene ring substituents is 1. The minimum atomic E-state index is -1.46. The van der Waals surface area contributed by atoms with Gasteiger partial charge in [0.2, 0.25) is 5.91 Å². The van der Waals surface area contributed by atoms with Crippen LogP contribution in [0.25, 0.3) is 0 Å². The summed E-state index contributed by atoms with van der Waals surface area (Å²) >= 11 is 0. The van der Waals surface area contributed by atoms with Gasteiger partial charge in [-0.1, -0.05) is 0 Å². The van der Waals surface area contributed by atoms with Crippen LogP contribution in [0.5, 0.6) is 0 Å². The van der Waals surface area contributed by atoms with Crippen LogP contribution in [0.2, 0.25) is 0 Å². The van der Waals surface area contributed by atoms with Gasteiger partial charge in [0, 0.05) is 17.7 Å². The summed E-state index contributed by atoms with van der Waals surface area (Å²) in [6, 6.07) is 3.87. The molecule has 94 valence electrons. The van der Waals surface area contributed by atoms with Crippen molar-refractivity contribution in [3.05, 3.63) is 33.9 Å². The Kier molecular flexibility index (Phi) is 2.54. The first-order chi connectivity index (χ1) is 8.41. The van der Waals surface area contributed by atoms with Crippen molar-refractivity contribution in [2.45, 2.75) is 12.3 Å².